The van der Waals surface area contributed by atoms with E-state index >= 15 is 0 Å². The Balaban J connectivity index is 1.82. The zero-order valence-corrected chi connectivity index (χ0v) is 11.9. The van der Waals surface area contributed by atoms with Crippen molar-refractivity contribution in [1.82, 2.24) is 14.7 Å². The molecule has 2 saturated heterocycles. The van der Waals surface area contributed by atoms with Crippen molar-refractivity contribution in [2.24, 2.45) is 0 Å². The number of hydrogen-bond acceptors (Lipinski definition) is 6. The van der Waals surface area contributed by atoms with E-state index in [-0.39, 0.29) is 24.7 Å². The highest BCUT2D eigenvalue weighted by molar-refractivity contribution is 5.71. The lowest BCUT2D eigenvalue weighted by Gasteiger charge is -2.37. The van der Waals surface area contributed by atoms with Crippen molar-refractivity contribution in [2.45, 2.75) is 19.1 Å². The van der Waals surface area contributed by atoms with Gasteiger partial charge in [-0.1, -0.05) is 0 Å². The SMILES string of the molecule is CCOC(=O)CN1C[C@H](O)[C@@H](N2CCN(C)CC2)C1. The number of esters is 1. The van der Waals surface area contributed by atoms with Crippen LogP contribution in [0.15, 0.2) is 0 Å². The van der Waals surface area contributed by atoms with Gasteiger partial charge in [0.25, 0.3) is 0 Å². The van der Waals surface area contributed by atoms with Crippen LogP contribution in [-0.2, 0) is 9.53 Å². The van der Waals surface area contributed by atoms with Gasteiger partial charge in [-0.25, -0.2) is 0 Å². The summed E-state index contributed by atoms with van der Waals surface area (Å²) < 4.78 is 4.95. The van der Waals surface area contributed by atoms with Gasteiger partial charge in [0, 0.05) is 45.3 Å². The maximum atomic E-state index is 11.5. The average molecular weight is 271 g/mol. The zero-order valence-electron chi connectivity index (χ0n) is 11.9. The van der Waals surface area contributed by atoms with Gasteiger partial charge in [-0.3, -0.25) is 14.6 Å². The summed E-state index contributed by atoms with van der Waals surface area (Å²) in [5.74, 6) is -0.200. The topological polar surface area (TPSA) is 56.2 Å². The van der Waals surface area contributed by atoms with Crippen LogP contribution in [0.25, 0.3) is 0 Å². The van der Waals surface area contributed by atoms with Crippen molar-refractivity contribution >= 4 is 5.97 Å². The van der Waals surface area contributed by atoms with E-state index in [0.29, 0.717) is 13.2 Å². The van der Waals surface area contributed by atoms with Crippen LogP contribution in [0.5, 0.6) is 0 Å². The molecule has 0 aromatic heterocycles. The summed E-state index contributed by atoms with van der Waals surface area (Å²) in [5.41, 5.74) is 0. The third-order valence-corrected chi connectivity index (χ3v) is 4.00. The number of hydrogen-bond donors (Lipinski definition) is 1. The summed E-state index contributed by atoms with van der Waals surface area (Å²) in [4.78, 5) is 18.1. The van der Waals surface area contributed by atoms with E-state index in [4.69, 9.17) is 4.74 Å². The Morgan fingerprint density at radius 2 is 1.95 bits per heavy atom. The molecule has 6 nitrogen and oxygen atoms in total. The predicted octanol–water partition coefficient (Wildman–Crippen LogP) is -1.16. The Bertz CT molecular complexity index is 306. The highest BCUT2D eigenvalue weighted by Crippen LogP contribution is 2.17. The minimum Gasteiger partial charge on any atom is -0.465 e. The molecule has 0 aromatic carbocycles. The largest absolute Gasteiger partial charge is 0.465 e. The molecule has 0 amide bonds. The second-order valence-electron chi connectivity index (χ2n) is 5.47. The molecule has 2 aliphatic rings. The Hall–Kier alpha value is -0.690. The van der Waals surface area contributed by atoms with Gasteiger partial charge in [0.05, 0.1) is 19.3 Å². The van der Waals surface area contributed by atoms with E-state index in [9.17, 15) is 9.90 Å². The van der Waals surface area contributed by atoms with Gasteiger partial charge < -0.3 is 14.7 Å². The molecule has 0 radical (unpaired) electrons. The molecule has 2 fully saturated rings. The fourth-order valence-electron chi connectivity index (χ4n) is 2.88. The van der Waals surface area contributed by atoms with Crippen molar-refractivity contribution in [3.8, 4) is 0 Å². The molecule has 1 N–H and O–H groups in total. The minimum atomic E-state index is -0.363. The van der Waals surface area contributed by atoms with Gasteiger partial charge in [0.1, 0.15) is 0 Å². The molecule has 0 aliphatic carbocycles. The number of ether oxygens (including phenoxy) is 1. The first kappa shape index (κ1) is 14.7. The van der Waals surface area contributed by atoms with E-state index in [1.54, 1.807) is 0 Å². The fourth-order valence-corrected chi connectivity index (χ4v) is 2.88. The molecule has 6 heteroatoms. The van der Waals surface area contributed by atoms with E-state index in [1.165, 1.54) is 0 Å². The number of rotatable bonds is 4. The fraction of sp³-hybridized carbons (Fsp3) is 0.923. The molecule has 0 saturated carbocycles. The number of nitrogens with zero attached hydrogens (tertiary/aromatic N) is 3. The number of piperazine rings is 1. The smallest absolute Gasteiger partial charge is 0.320 e. The molecule has 2 rings (SSSR count). The van der Waals surface area contributed by atoms with Crippen LogP contribution in [0.3, 0.4) is 0 Å². The average Bonchev–Trinajstić information content (AvgIpc) is 2.71. The summed E-state index contributed by atoms with van der Waals surface area (Å²) in [7, 11) is 2.12. The van der Waals surface area contributed by atoms with E-state index in [1.807, 2.05) is 11.8 Å². The van der Waals surface area contributed by atoms with Gasteiger partial charge in [-0.2, -0.15) is 0 Å². The summed E-state index contributed by atoms with van der Waals surface area (Å²) >= 11 is 0. The van der Waals surface area contributed by atoms with Crippen molar-refractivity contribution in [3.05, 3.63) is 0 Å². The van der Waals surface area contributed by atoms with Crippen LogP contribution in [0, 0.1) is 0 Å². The molecule has 2 aliphatic heterocycles. The molecule has 19 heavy (non-hydrogen) atoms. The second-order valence-corrected chi connectivity index (χ2v) is 5.47. The van der Waals surface area contributed by atoms with Crippen molar-refractivity contribution in [2.75, 3.05) is 59.5 Å². The molecular formula is C13H25N3O3. The molecule has 2 atom stereocenters. The Morgan fingerprint density at radius 3 is 2.58 bits per heavy atom. The first-order valence-electron chi connectivity index (χ1n) is 7.08. The molecule has 0 spiro atoms. The second kappa shape index (κ2) is 6.65. The maximum absolute atomic E-state index is 11.5. The van der Waals surface area contributed by atoms with Crippen molar-refractivity contribution in [3.63, 3.8) is 0 Å². The number of likely N-dealkylation sites (tertiary alicyclic amines) is 1. The van der Waals surface area contributed by atoms with Gasteiger partial charge in [-0.05, 0) is 14.0 Å². The lowest BCUT2D eigenvalue weighted by Crippen LogP contribution is -2.52. The summed E-state index contributed by atoms with van der Waals surface area (Å²) in [5, 5.41) is 10.2. The standard InChI is InChI=1S/C13H25N3O3/c1-3-19-13(18)10-15-8-11(12(17)9-15)16-6-4-14(2)5-7-16/h11-12,17H,3-10H2,1-2H3/t11-,12-/m0/s1. The minimum absolute atomic E-state index is 0.156. The molecule has 0 bridgehead atoms. The van der Waals surface area contributed by atoms with E-state index in [0.717, 1.165) is 32.7 Å². The highest BCUT2D eigenvalue weighted by Gasteiger charge is 2.37. The monoisotopic (exact) mass is 271 g/mol. The summed E-state index contributed by atoms with van der Waals surface area (Å²) in [6, 6.07) is 0.156. The maximum Gasteiger partial charge on any atom is 0.320 e. The van der Waals surface area contributed by atoms with Crippen LogP contribution in [0.1, 0.15) is 6.92 Å². The molecule has 110 valence electrons. The Morgan fingerprint density at radius 1 is 1.26 bits per heavy atom. The number of carbonyl (C=O) groups excluding carboxylic acids is 1. The lowest BCUT2D eigenvalue weighted by atomic mass is 10.1. The quantitative estimate of drug-likeness (QED) is 0.651. The molecule has 0 unspecified atom stereocenters. The summed E-state index contributed by atoms with van der Waals surface area (Å²) in [6.45, 7) is 7.90. The molecule has 0 aromatic rings. The van der Waals surface area contributed by atoms with Gasteiger partial charge in [-0.15, -0.1) is 0 Å². The van der Waals surface area contributed by atoms with E-state index < -0.39 is 0 Å². The van der Waals surface area contributed by atoms with Crippen molar-refractivity contribution < 1.29 is 14.6 Å². The van der Waals surface area contributed by atoms with Crippen LogP contribution in [0.2, 0.25) is 0 Å². The lowest BCUT2D eigenvalue weighted by molar-refractivity contribution is -0.144. The number of carbonyl (C=O) groups is 1. The third-order valence-electron chi connectivity index (χ3n) is 4.00. The number of aliphatic hydroxyl groups is 1. The third kappa shape index (κ3) is 3.89. The Kier molecular flexibility index (Phi) is 5.15. The number of aliphatic hydroxyl groups excluding tert-OH is 1. The Labute approximate surface area is 114 Å². The van der Waals surface area contributed by atoms with Crippen LogP contribution < -0.4 is 0 Å². The van der Waals surface area contributed by atoms with Crippen molar-refractivity contribution in [1.29, 1.82) is 0 Å². The first-order chi connectivity index (χ1) is 9.10. The highest BCUT2D eigenvalue weighted by atomic mass is 16.5. The summed E-state index contributed by atoms with van der Waals surface area (Å²) in [6.07, 6.45) is -0.363. The first-order valence-corrected chi connectivity index (χ1v) is 7.08. The van der Waals surface area contributed by atoms with Crippen LogP contribution in [-0.4, -0.2) is 97.4 Å². The zero-order chi connectivity index (χ0) is 13.8. The van der Waals surface area contributed by atoms with Gasteiger partial charge in [0.2, 0.25) is 0 Å². The molecule has 2 heterocycles. The predicted molar refractivity (Wildman–Crippen MR) is 71.9 cm³/mol. The number of β-amino-alcohol motifs (C(OH)–C–C–N with tert-alkyl or cyclic N) is 1. The van der Waals surface area contributed by atoms with Gasteiger partial charge in [0.15, 0.2) is 0 Å². The molecular weight excluding hydrogens is 246 g/mol. The van der Waals surface area contributed by atoms with Crippen LogP contribution in [0.4, 0.5) is 0 Å². The normalized spacial score (nSPS) is 30.7. The van der Waals surface area contributed by atoms with Gasteiger partial charge >= 0.3 is 5.97 Å². The van der Waals surface area contributed by atoms with Crippen LogP contribution >= 0.6 is 0 Å². The van der Waals surface area contributed by atoms with E-state index in [2.05, 4.69) is 16.8 Å². The number of likely N-dealkylation sites (N-methyl/N-ethyl adjacent to an activating group) is 1.